The molecule has 166 valence electrons. The maximum atomic E-state index is 9.06. The molecule has 1 N–H and O–H groups in total. The Morgan fingerprint density at radius 2 is 1.45 bits per heavy atom. The molecule has 3 heteroatoms. The first kappa shape index (κ1) is 21.4. The number of benzene rings is 4. The van der Waals surface area contributed by atoms with Crippen molar-refractivity contribution in [3.05, 3.63) is 90.3 Å². The van der Waals surface area contributed by atoms with Gasteiger partial charge in [0.2, 0.25) is 0 Å². The largest absolute Gasteiger partial charge is 0.508 e. The summed E-state index contributed by atoms with van der Waals surface area (Å²) in [6.07, 6.45) is 8.47. The van der Waals surface area contributed by atoms with Crippen molar-refractivity contribution in [1.29, 1.82) is 0 Å². The number of aromatic nitrogens is 2. The van der Waals surface area contributed by atoms with E-state index in [-0.39, 0.29) is 5.75 Å². The van der Waals surface area contributed by atoms with E-state index in [0.29, 0.717) is 5.52 Å². The molecule has 0 bridgehead atoms. The quantitative estimate of drug-likeness (QED) is 0.285. The molecule has 2 unspecified atom stereocenters. The standard InChI is InChI=1S/C22H24.C8H6N2O/c1-3-15-9-10-16(4-2)22-19(15)13-14-20-18-8-6-5-7-17(18)11-12-21(20)22;11-6-1-2-7-8(5-6)10-4-3-9-7/h5-8,11-16H,3-4,9-10H2,1-2H3;1-5,11H. The SMILES string of the molecule is CCC1CCC(CC)c2c1ccc1c2ccc2ccccc21.Oc1ccc2nccnc2c1. The van der Waals surface area contributed by atoms with Crippen molar-refractivity contribution in [1.82, 2.24) is 9.97 Å². The Bertz CT molecular complexity index is 1430. The fourth-order valence-corrected chi connectivity index (χ4v) is 5.43. The van der Waals surface area contributed by atoms with Gasteiger partial charge in [-0.25, -0.2) is 0 Å². The Morgan fingerprint density at radius 3 is 2.27 bits per heavy atom. The summed E-state index contributed by atoms with van der Waals surface area (Å²) in [5.41, 5.74) is 4.80. The minimum Gasteiger partial charge on any atom is -0.508 e. The van der Waals surface area contributed by atoms with Gasteiger partial charge in [-0.15, -0.1) is 0 Å². The van der Waals surface area contributed by atoms with Gasteiger partial charge in [0.25, 0.3) is 0 Å². The van der Waals surface area contributed by atoms with E-state index >= 15 is 0 Å². The topological polar surface area (TPSA) is 46.0 Å². The van der Waals surface area contributed by atoms with Gasteiger partial charge in [0.05, 0.1) is 11.0 Å². The highest BCUT2D eigenvalue weighted by Gasteiger charge is 2.27. The van der Waals surface area contributed by atoms with E-state index in [9.17, 15) is 0 Å². The van der Waals surface area contributed by atoms with Crippen molar-refractivity contribution in [3.63, 3.8) is 0 Å². The second-order valence-electron chi connectivity index (χ2n) is 8.97. The van der Waals surface area contributed by atoms with Crippen LogP contribution in [0.2, 0.25) is 0 Å². The monoisotopic (exact) mass is 434 g/mol. The number of rotatable bonds is 2. The number of nitrogens with zero attached hydrogens (tertiary/aromatic N) is 2. The molecule has 4 aromatic carbocycles. The third-order valence-corrected chi connectivity index (χ3v) is 7.15. The minimum absolute atomic E-state index is 0.220. The molecule has 0 fully saturated rings. The molecule has 0 radical (unpaired) electrons. The number of hydrogen-bond acceptors (Lipinski definition) is 3. The molecule has 2 atom stereocenters. The zero-order chi connectivity index (χ0) is 22.8. The Balaban J connectivity index is 0.000000174. The number of aromatic hydroxyl groups is 1. The molecule has 1 heterocycles. The van der Waals surface area contributed by atoms with Crippen molar-refractivity contribution < 1.29 is 5.11 Å². The Hall–Kier alpha value is -3.46. The second kappa shape index (κ2) is 9.19. The molecule has 5 aromatic rings. The normalized spacial score (nSPS) is 17.5. The van der Waals surface area contributed by atoms with Crippen LogP contribution in [0.1, 0.15) is 62.5 Å². The Morgan fingerprint density at radius 1 is 0.727 bits per heavy atom. The molecule has 1 aliphatic rings. The van der Waals surface area contributed by atoms with Gasteiger partial charge >= 0.3 is 0 Å². The highest BCUT2D eigenvalue weighted by atomic mass is 16.3. The smallest absolute Gasteiger partial charge is 0.117 e. The lowest BCUT2D eigenvalue weighted by Gasteiger charge is -2.32. The van der Waals surface area contributed by atoms with Crippen LogP contribution >= 0.6 is 0 Å². The van der Waals surface area contributed by atoms with Gasteiger partial charge in [-0.05, 0) is 82.3 Å². The van der Waals surface area contributed by atoms with Crippen LogP contribution in [-0.4, -0.2) is 15.1 Å². The van der Waals surface area contributed by atoms with Crippen LogP contribution in [-0.2, 0) is 0 Å². The van der Waals surface area contributed by atoms with Gasteiger partial charge < -0.3 is 5.11 Å². The molecule has 6 rings (SSSR count). The van der Waals surface area contributed by atoms with Crippen LogP contribution in [0, 0.1) is 0 Å². The molecule has 0 saturated carbocycles. The predicted molar refractivity (Wildman–Crippen MR) is 138 cm³/mol. The van der Waals surface area contributed by atoms with Crippen LogP contribution in [0.5, 0.6) is 5.75 Å². The van der Waals surface area contributed by atoms with E-state index in [1.165, 1.54) is 47.2 Å². The zero-order valence-corrected chi connectivity index (χ0v) is 19.3. The summed E-state index contributed by atoms with van der Waals surface area (Å²) in [5.74, 6) is 1.72. The Labute approximate surface area is 195 Å². The molecule has 0 spiro atoms. The maximum absolute atomic E-state index is 9.06. The van der Waals surface area contributed by atoms with Crippen LogP contribution in [0.25, 0.3) is 32.6 Å². The van der Waals surface area contributed by atoms with Gasteiger partial charge in [-0.1, -0.05) is 62.4 Å². The average molecular weight is 435 g/mol. The third kappa shape index (κ3) is 4.04. The van der Waals surface area contributed by atoms with E-state index in [0.717, 1.165) is 17.4 Å². The maximum Gasteiger partial charge on any atom is 0.117 e. The third-order valence-electron chi connectivity index (χ3n) is 7.15. The van der Waals surface area contributed by atoms with Crippen molar-refractivity contribution >= 4 is 32.6 Å². The molecule has 0 saturated heterocycles. The first-order chi connectivity index (χ1) is 16.2. The first-order valence-corrected chi connectivity index (χ1v) is 12.0. The number of hydrogen-bond donors (Lipinski definition) is 1. The fourth-order valence-electron chi connectivity index (χ4n) is 5.43. The van der Waals surface area contributed by atoms with Crippen LogP contribution in [0.3, 0.4) is 0 Å². The number of phenolic OH excluding ortho intramolecular Hbond substituents is 1. The highest BCUT2D eigenvalue weighted by Crippen LogP contribution is 2.45. The predicted octanol–water partition coefficient (Wildman–Crippen LogP) is 8.11. The van der Waals surface area contributed by atoms with Crippen molar-refractivity contribution in [3.8, 4) is 5.75 Å². The summed E-state index contributed by atoms with van der Waals surface area (Å²) in [7, 11) is 0. The molecular weight excluding hydrogens is 404 g/mol. The van der Waals surface area contributed by atoms with Gasteiger partial charge in [-0.3, -0.25) is 9.97 Å². The summed E-state index contributed by atoms with van der Waals surface area (Å²) < 4.78 is 0. The second-order valence-corrected chi connectivity index (χ2v) is 8.97. The molecule has 33 heavy (non-hydrogen) atoms. The van der Waals surface area contributed by atoms with E-state index in [1.54, 1.807) is 41.7 Å². The van der Waals surface area contributed by atoms with Gasteiger partial charge in [0.1, 0.15) is 5.75 Å². The lowest BCUT2D eigenvalue weighted by Crippen LogP contribution is -2.14. The minimum atomic E-state index is 0.220. The lowest BCUT2D eigenvalue weighted by molar-refractivity contribution is 0.469. The molecule has 0 aliphatic heterocycles. The zero-order valence-electron chi connectivity index (χ0n) is 19.3. The summed E-state index contributed by atoms with van der Waals surface area (Å²) in [5, 5.41) is 14.8. The molecule has 1 aliphatic carbocycles. The van der Waals surface area contributed by atoms with Gasteiger partial charge in [-0.2, -0.15) is 0 Å². The van der Waals surface area contributed by atoms with Crippen LogP contribution in [0.4, 0.5) is 0 Å². The summed E-state index contributed by atoms with van der Waals surface area (Å²) in [6.45, 7) is 4.69. The van der Waals surface area contributed by atoms with Crippen LogP contribution < -0.4 is 0 Å². The Kier molecular flexibility index (Phi) is 5.95. The molecular formula is C30H30N2O. The van der Waals surface area contributed by atoms with Crippen molar-refractivity contribution in [2.45, 2.75) is 51.4 Å². The van der Waals surface area contributed by atoms with Crippen molar-refractivity contribution in [2.24, 2.45) is 0 Å². The molecule has 1 aromatic heterocycles. The molecule has 0 amide bonds. The molecule has 3 nitrogen and oxygen atoms in total. The number of fused-ring (bicyclic) bond motifs is 6. The van der Waals surface area contributed by atoms with E-state index in [1.807, 2.05) is 0 Å². The average Bonchev–Trinajstić information content (AvgIpc) is 2.87. The van der Waals surface area contributed by atoms with Crippen molar-refractivity contribution in [2.75, 3.05) is 0 Å². The lowest BCUT2D eigenvalue weighted by atomic mass is 9.73. The fraction of sp³-hybridized carbons (Fsp3) is 0.267. The highest BCUT2D eigenvalue weighted by molar-refractivity contribution is 6.09. The van der Waals surface area contributed by atoms with E-state index in [2.05, 4.69) is 72.3 Å². The van der Waals surface area contributed by atoms with Crippen LogP contribution in [0.15, 0.2) is 79.1 Å². The summed E-state index contributed by atoms with van der Waals surface area (Å²) >= 11 is 0. The number of phenols is 1. The van der Waals surface area contributed by atoms with Gasteiger partial charge in [0, 0.05) is 18.5 Å². The van der Waals surface area contributed by atoms with E-state index < -0.39 is 0 Å². The summed E-state index contributed by atoms with van der Waals surface area (Å²) in [6, 6.07) is 23.2. The first-order valence-electron chi connectivity index (χ1n) is 12.0. The van der Waals surface area contributed by atoms with E-state index in [4.69, 9.17) is 5.11 Å². The van der Waals surface area contributed by atoms with Gasteiger partial charge in [0.15, 0.2) is 0 Å². The summed E-state index contributed by atoms with van der Waals surface area (Å²) in [4.78, 5) is 8.07.